The van der Waals surface area contributed by atoms with Gasteiger partial charge in [0.1, 0.15) is 5.82 Å². The van der Waals surface area contributed by atoms with E-state index in [0.717, 1.165) is 5.56 Å². The Morgan fingerprint density at radius 2 is 1.84 bits per heavy atom. The van der Waals surface area contributed by atoms with Gasteiger partial charge in [-0.15, -0.1) is 11.3 Å². The van der Waals surface area contributed by atoms with E-state index in [1.54, 1.807) is 11.3 Å². The molecule has 0 aliphatic heterocycles. The second-order valence-electron chi connectivity index (χ2n) is 5.26. The molecule has 1 heterocycles. The number of hydrogen-bond donors (Lipinski definition) is 2. The van der Waals surface area contributed by atoms with E-state index >= 15 is 0 Å². The summed E-state index contributed by atoms with van der Waals surface area (Å²) in [6.07, 6.45) is 0. The van der Waals surface area contributed by atoms with E-state index in [0.29, 0.717) is 0 Å². The minimum atomic E-state index is -0.228. The van der Waals surface area contributed by atoms with Gasteiger partial charge in [-0.05, 0) is 41.6 Å². The third-order valence-electron chi connectivity index (χ3n) is 3.69. The molecule has 0 aliphatic carbocycles. The van der Waals surface area contributed by atoms with E-state index in [9.17, 15) is 4.39 Å². The summed E-state index contributed by atoms with van der Waals surface area (Å²) in [4.78, 5) is 1.25. The van der Waals surface area contributed by atoms with Crippen LogP contribution in [0.1, 0.15) is 35.9 Å². The van der Waals surface area contributed by atoms with Gasteiger partial charge in [0, 0.05) is 10.3 Å². The maximum atomic E-state index is 13.1. The molecule has 0 saturated heterocycles. The van der Waals surface area contributed by atoms with Gasteiger partial charge in [-0.3, -0.25) is 11.3 Å². The van der Waals surface area contributed by atoms with Crippen molar-refractivity contribution in [3.63, 3.8) is 0 Å². The predicted octanol–water partition coefficient (Wildman–Crippen LogP) is 3.68. The molecule has 2 rings (SSSR count). The topological polar surface area (TPSA) is 38.0 Å². The first-order valence-corrected chi connectivity index (χ1v) is 7.11. The van der Waals surface area contributed by atoms with Gasteiger partial charge in [-0.1, -0.05) is 26.0 Å². The first-order valence-electron chi connectivity index (χ1n) is 6.23. The van der Waals surface area contributed by atoms with E-state index in [1.807, 2.05) is 12.1 Å². The molecular weight excluding hydrogens is 259 g/mol. The van der Waals surface area contributed by atoms with Crippen molar-refractivity contribution < 1.29 is 4.39 Å². The van der Waals surface area contributed by atoms with Crippen LogP contribution in [0.15, 0.2) is 35.7 Å². The summed E-state index contributed by atoms with van der Waals surface area (Å²) in [6, 6.07) is 8.71. The van der Waals surface area contributed by atoms with Gasteiger partial charge in [0.2, 0.25) is 0 Å². The molecule has 2 aromatic rings. The van der Waals surface area contributed by atoms with E-state index in [2.05, 4.69) is 37.6 Å². The predicted molar refractivity (Wildman–Crippen MR) is 78.5 cm³/mol. The molecule has 0 spiro atoms. The second-order valence-corrected chi connectivity index (χ2v) is 6.38. The van der Waals surface area contributed by atoms with Gasteiger partial charge in [-0.25, -0.2) is 4.39 Å². The van der Waals surface area contributed by atoms with Crippen molar-refractivity contribution in [3.8, 4) is 0 Å². The van der Waals surface area contributed by atoms with E-state index < -0.39 is 0 Å². The zero-order chi connectivity index (χ0) is 14.0. The molecule has 102 valence electrons. The van der Waals surface area contributed by atoms with Crippen LogP contribution in [-0.2, 0) is 5.41 Å². The van der Waals surface area contributed by atoms with Crippen LogP contribution >= 0.6 is 11.3 Å². The lowest BCUT2D eigenvalue weighted by atomic mass is 9.75. The van der Waals surface area contributed by atoms with Crippen molar-refractivity contribution in [3.05, 3.63) is 57.5 Å². The van der Waals surface area contributed by atoms with Crippen LogP contribution in [0.2, 0.25) is 0 Å². The minimum absolute atomic E-state index is 0.00999. The molecule has 0 amide bonds. The van der Waals surface area contributed by atoms with Gasteiger partial charge in [0.05, 0.1) is 6.04 Å². The summed E-state index contributed by atoms with van der Waals surface area (Å²) in [5, 5.41) is 2.07. The monoisotopic (exact) mass is 278 g/mol. The molecule has 19 heavy (non-hydrogen) atoms. The number of aryl methyl sites for hydroxylation is 1. The summed E-state index contributed by atoms with van der Waals surface area (Å²) in [5.41, 5.74) is 4.94. The van der Waals surface area contributed by atoms with Crippen LogP contribution in [-0.4, -0.2) is 0 Å². The summed E-state index contributed by atoms with van der Waals surface area (Å²) in [7, 11) is 0. The molecule has 4 heteroatoms. The lowest BCUT2D eigenvalue weighted by Gasteiger charge is -2.34. The van der Waals surface area contributed by atoms with Gasteiger partial charge in [-0.2, -0.15) is 0 Å². The number of hydrogen-bond acceptors (Lipinski definition) is 3. The Kier molecular flexibility index (Phi) is 4.04. The highest BCUT2D eigenvalue weighted by Gasteiger charge is 2.33. The van der Waals surface area contributed by atoms with Crippen molar-refractivity contribution in [1.29, 1.82) is 0 Å². The highest BCUT2D eigenvalue weighted by atomic mass is 32.1. The van der Waals surface area contributed by atoms with Crippen LogP contribution in [0.4, 0.5) is 4.39 Å². The van der Waals surface area contributed by atoms with Crippen LogP contribution < -0.4 is 11.3 Å². The van der Waals surface area contributed by atoms with Gasteiger partial charge in [0.15, 0.2) is 0 Å². The van der Waals surface area contributed by atoms with Crippen molar-refractivity contribution in [1.82, 2.24) is 5.43 Å². The van der Waals surface area contributed by atoms with Gasteiger partial charge < -0.3 is 0 Å². The number of nitrogens with one attached hydrogen (secondary N) is 1. The van der Waals surface area contributed by atoms with E-state index in [4.69, 9.17) is 5.84 Å². The second kappa shape index (κ2) is 5.41. The first-order chi connectivity index (χ1) is 8.96. The Bertz CT molecular complexity index is 546. The molecule has 1 aromatic carbocycles. The Hall–Kier alpha value is -1.23. The van der Waals surface area contributed by atoms with Crippen LogP contribution in [0.3, 0.4) is 0 Å². The van der Waals surface area contributed by atoms with Crippen molar-refractivity contribution >= 4 is 11.3 Å². The largest absolute Gasteiger partial charge is 0.271 e. The summed E-state index contributed by atoms with van der Waals surface area (Å²) >= 11 is 1.71. The molecule has 0 fully saturated rings. The van der Waals surface area contributed by atoms with E-state index in [-0.39, 0.29) is 17.3 Å². The summed E-state index contributed by atoms with van der Waals surface area (Å²) in [6.45, 7) is 6.31. The van der Waals surface area contributed by atoms with Crippen LogP contribution in [0, 0.1) is 12.7 Å². The third-order valence-corrected chi connectivity index (χ3v) is 4.55. The maximum absolute atomic E-state index is 13.1. The number of benzene rings is 1. The normalized spacial score (nSPS) is 13.5. The molecule has 0 bridgehead atoms. The van der Waals surface area contributed by atoms with Crippen LogP contribution in [0.25, 0.3) is 0 Å². The fourth-order valence-electron chi connectivity index (χ4n) is 2.43. The number of nitrogens with two attached hydrogens (primary N) is 1. The smallest absolute Gasteiger partial charge is 0.123 e. The zero-order valence-corrected chi connectivity index (χ0v) is 12.2. The molecule has 1 atom stereocenters. The molecule has 0 radical (unpaired) electrons. The Balaban J connectivity index is 2.41. The van der Waals surface area contributed by atoms with Crippen molar-refractivity contribution in [2.45, 2.75) is 32.2 Å². The van der Waals surface area contributed by atoms with Gasteiger partial charge >= 0.3 is 0 Å². The highest BCUT2D eigenvalue weighted by Crippen LogP contribution is 2.38. The average molecular weight is 278 g/mol. The Morgan fingerprint density at radius 1 is 1.21 bits per heavy atom. The fraction of sp³-hybridized carbons (Fsp3) is 0.333. The maximum Gasteiger partial charge on any atom is 0.123 e. The molecule has 0 saturated carbocycles. The zero-order valence-electron chi connectivity index (χ0n) is 11.4. The average Bonchev–Trinajstić information content (AvgIpc) is 2.77. The summed E-state index contributed by atoms with van der Waals surface area (Å²) < 4.78 is 13.1. The van der Waals surface area contributed by atoms with E-state index in [1.165, 1.54) is 22.6 Å². The van der Waals surface area contributed by atoms with Crippen LogP contribution in [0.5, 0.6) is 0 Å². The number of hydrazine groups is 1. The molecule has 1 aromatic heterocycles. The number of rotatable bonds is 4. The lowest BCUT2D eigenvalue weighted by Crippen LogP contribution is -2.41. The third kappa shape index (κ3) is 2.71. The Morgan fingerprint density at radius 3 is 2.32 bits per heavy atom. The molecule has 2 nitrogen and oxygen atoms in total. The molecule has 0 aliphatic rings. The fourth-order valence-corrected chi connectivity index (χ4v) is 3.17. The number of halogens is 1. The van der Waals surface area contributed by atoms with Crippen molar-refractivity contribution in [2.24, 2.45) is 5.84 Å². The SMILES string of the molecule is Cc1sccc1C(NN)C(C)(C)c1ccc(F)cc1. The Labute approximate surface area is 117 Å². The lowest BCUT2D eigenvalue weighted by molar-refractivity contribution is 0.352. The summed E-state index contributed by atoms with van der Waals surface area (Å²) in [5.74, 6) is 5.55. The minimum Gasteiger partial charge on any atom is -0.271 e. The molecular formula is C15H19FN2S. The molecule has 3 N–H and O–H groups in total. The standard InChI is InChI=1S/C15H19FN2S/c1-10-13(8-9-19-10)14(18-17)15(2,3)11-4-6-12(16)7-5-11/h4-9,14,18H,17H2,1-3H3. The number of thiophene rings is 1. The molecule has 1 unspecified atom stereocenters. The van der Waals surface area contributed by atoms with Crippen molar-refractivity contribution in [2.75, 3.05) is 0 Å². The van der Waals surface area contributed by atoms with Gasteiger partial charge in [0.25, 0.3) is 0 Å². The first kappa shape index (κ1) is 14.2. The quantitative estimate of drug-likeness (QED) is 0.661. The highest BCUT2D eigenvalue weighted by molar-refractivity contribution is 7.10.